The van der Waals surface area contributed by atoms with E-state index in [4.69, 9.17) is 0 Å². The van der Waals surface area contributed by atoms with Gasteiger partial charge in [-0.05, 0) is 76.5 Å². The summed E-state index contributed by atoms with van der Waals surface area (Å²) in [6.45, 7) is 0. The molecule has 2 aromatic rings. The minimum absolute atomic E-state index is 0.447. The molecule has 0 bridgehead atoms. The van der Waals surface area contributed by atoms with Gasteiger partial charge in [-0.1, -0.05) is 18.2 Å². The number of rotatable bonds is 5. The Hall–Kier alpha value is -0.390. The van der Waals surface area contributed by atoms with Gasteiger partial charge in [0.05, 0.1) is 0 Å². The van der Waals surface area contributed by atoms with Gasteiger partial charge in [0.25, 0.3) is 0 Å². The minimum Gasteiger partial charge on any atom is -0.313 e. The zero-order chi connectivity index (χ0) is 12.1. The highest BCUT2D eigenvalue weighted by atomic mass is 127. The topological polar surface area (TPSA) is 12.0 Å². The second-order valence-corrected chi connectivity index (χ2v) is 5.98. The predicted octanol–water partition coefficient (Wildman–Crippen LogP) is 4.25. The highest BCUT2D eigenvalue weighted by molar-refractivity contribution is 14.1. The Balaban J connectivity index is 2.04. The van der Waals surface area contributed by atoms with Gasteiger partial charge >= 0.3 is 0 Å². The lowest BCUT2D eigenvalue weighted by Gasteiger charge is -2.17. The second-order valence-electron chi connectivity index (χ2n) is 4.03. The second kappa shape index (κ2) is 6.52. The monoisotopic (exact) mass is 357 g/mol. The number of nitrogens with one attached hydrogen (secondary N) is 1. The average molecular weight is 357 g/mol. The van der Waals surface area contributed by atoms with Gasteiger partial charge in [0.15, 0.2) is 0 Å². The van der Waals surface area contributed by atoms with E-state index < -0.39 is 0 Å². The van der Waals surface area contributed by atoms with E-state index in [1.165, 1.54) is 14.7 Å². The van der Waals surface area contributed by atoms with Gasteiger partial charge in [0, 0.05) is 9.61 Å². The number of halogens is 1. The molecule has 17 heavy (non-hydrogen) atoms. The van der Waals surface area contributed by atoms with Crippen LogP contribution in [0.2, 0.25) is 0 Å². The maximum Gasteiger partial charge on any atom is 0.0331 e. The molecule has 1 heterocycles. The molecule has 0 fully saturated rings. The Morgan fingerprint density at radius 2 is 2.12 bits per heavy atom. The first-order valence-electron chi connectivity index (χ1n) is 5.74. The van der Waals surface area contributed by atoms with Crippen molar-refractivity contribution in [3.05, 3.63) is 55.8 Å². The fourth-order valence-electron chi connectivity index (χ4n) is 1.96. The van der Waals surface area contributed by atoms with E-state index in [9.17, 15) is 0 Å². The van der Waals surface area contributed by atoms with Crippen LogP contribution in [0.4, 0.5) is 0 Å². The summed E-state index contributed by atoms with van der Waals surface area (Å²) in [6.07, 6.45) is 2.28. The van der Waals surface area contributed by atoms with Crippen LogP contribution in [0.3, 0.4) is 0 Å². The molecule has 3 heteroatoms. The standard InChI is InChI=1S/C14H16INS/c1-16-14(7-6-11-8-9-17-10-11)12-4-2-3-5-13(12)15/h2-5,8-10,14,16H,6-7H2,1H3. The van der Waals surface area contributed by atoms with Gasteiger partial charge in [-0.25, -0.2) is 0 Å². The zero-order valence-corrected chi connectivity index (χ0v) is 12.8. The molecule has 2 rings (SSSR count). The molecule has 0 aliphatic carbocycles. The summed E-state index contributed by atoms with van der Waals surface area (Å²) in [5.74, 6) is 0. The van der Waals surface area contributed by atoms with Gasteiger partial charge in [-0.3, -0.25) is 0 Å². The molecule has 90 valence electrons. The largest absolute Gasteiger partial charge is 0.313 e. The molecular weight excluding hydrogens is 341 g/mol. The Bertz CT molecular complexity index is 453. The quantitative estimate of drug-likeness (QED) is 0.789. The van der Waals surface area contributed by atoms with Crippen molar-refractivity contribution in [3.63, 3.8) is 0 Å². The van der Waals surface area contributed by atoms with Gasteiger partial charge in [-0.2, -0.15) is 11.3 Å². The molecule has 1 nitrogen and oxygen atoms in total. The smallest absolute Gasteiger partial charge is 0.0331 e. The molecule has 0 spiro atoms. The van der Waals surface area contributed by atoms with Gasteiger partial charge < -0.3 is 5.32 Å². The van der Waals surface area contributed by atoms with Gasteiger partial charge in [-0.15, -0.1) is 0 Å². The molecule has 1 atom stereocenters. The third-order valence-corrected chi connectivity index (χ3v) is 4.65. The first-order valence-corrected chi connectivity index (χ1v) is 7.76. The molecule has 0 saturated heterocycles. The maximum atomic E-state index is 3.42. The van der Waals surface area contributed by atoms with Crippen molar-refractivity contribution in [2.75, 3.05) is 7.05 Å². The van der Waals surface area contributed by atoms with Crippen LogP contribution in [0.5, 0.6) is 0 Å². The van der Waals surface area contributed by atoms with Gasteiger partial charge in [0.1, 0.15) is 0 Å². The van der Waals surface area contributed by atoms with E-state index in [1.807, 2.05) is 7.05 Å². The van der Waals surface area contributed by atoms with Crippen molar-refractivity contribution in [1.29, 1.82) is 0 Å². The highest BCUT2D eigenvalue weighted by Crippen LogP contribution is 2.24. The van der Waals surface area contributed by atoms with Crippen LogP contribution >= 0.6 is 33.9 Å². The lowest BCUT2D eigenvalue weighted by molar-refractivity contribution is 0.547. The summed E-state index contributed by atoms with van der Waals surface area (Å²) < 4.78 is 1.34. The van der Waals surface area contributed by atoms with Crippen molar-refractivity contribution in [1.82, 2.24) is 5.32 Å². The first-order chi connectivity index (χ1) is 8.31. The molecule has 1 aromatic heterocycles. The lowest BCUT2D eigenvalue weighted by Crippen LogP contribution is -2.18. The summed E-state index contributed by atoms with van der Waals surface area (Å²) in [7, 11) is 2.04. The van der Waals surface area contributed by atoms with Crippen molar-refractivity contribution < 1.29 is 0 Å². The molecule has 0 aliphatic heterocycles. The number of hydrogen-bond donors (Lipinski definition) is 1. The lowest BCUT2D eigenvalue weighted by atomic mass is 10.0. The zero-order valence-electron chi connectivity index (χ0n) is 9.82. The Labute approximate surface area is 120 Å². The SMILES string of the molecule is CNC(CCc1ccsc1)c1ccccc1I. The average Bonchev–Trinajstić information content (AvgIpc) is 2.85. The number of benzene rings is 1. The van der Waals surface area contributed by atoms with Gasteiger partial charge in [0.2, 0.25) is 0 Å². The predicted molar refractivity (Wildman–Crippen MR) is 83.6 cm³/mol. The molecule has 0 aliphatic rings. The molecule has 1 aromatic carbocycles. The number of hydrogen-bond acceptors (Lipinski definition) is 2. The minimum atomic E-state index is 0.447. The maximum absolute atomic E-state index is 3.42. The summed E-state index contributed by atoms with van der Waals surface area (Å²) in [5, 5.41) is 7.81. The molecular formula is C14H16INS. The van der Waals surface area contributed by atoms with Crippen molar-refractivity contribution in [2.45, 2.75) is 18.9 Å². The third kappa shape index (κ3) is 3.53. The first kappa shape index (κ1) is 13.1. The third-order valence-electron chi connectivity index (χ3n) is 2.93. The van der Waals surface area contributed by atoms with Crippen LogP contribution < -0.4 is 5.32 Å². The summed E-state index contributed by atoms with van der Waals surface area (Å²) in [4.78, 5) is 0. The molecule has 1 unspecified atom stereocenters. The van der Waals surface area contributed by atoms with Crippen LogP contribution in [0.15, 0.2) is 41.1 Å². The fourth-order valence-corrected chi connectivity index (χ4v) is 3.43. The Morgan fingerprint density at radius 1 is 1.29 bits per heavy atom. The van der Waals surface area contributed by atoms with Crippen LogP contribution in [0.1, 0.15) is 23.6 Å². The Morgan fingerprint density at radius 3 is 2.76 bits per heavy atom. The van der Waals surface area contributed by atoms with E-state index in [1.54, 1.807) is 11.3 Å². The molecule has 1 N–H and O–H groups in total. The Kier molecular flexibility index (Phi) is 5.00. The van der Waals surface area contributed by atoms with Crippen molar-refractivity contribution >= 4 is 33.9 Å². The van der Waals surface area contributed by atoms with E-state index in [2.05, 4.69) is 69.0 Å². The fraction of sp³-hybridized carbons (Fsp3) is 0.286. The summed E-state index contributed by atoms with van der Waals surface area (Å²) in [5.41, 5.74) is 2.85. The molecule has 0 radical (unpaired) electrons. The van der Waals surface area contributed by atoms with Crippen molar-refractivity contribution in [3.8, 4) is 0 Å². The van der Waals surface area contributed by atoms with E-state index in [-0.39, 0.29) is 0 Å². The highest BCUT2D eigenvalue weighted by Gasteiger charge is 2.11. The van der Waals surface area contributed by atoms with Crippen molar-refractivity contribution in [2.24, 2.45) is 0 Å². The molecule has 0 saturated carbocycles. The van der Waals surface area contributed by atoms with E-state index in [0.29, 0.717) is 6.04 Å². The normalized spacial score (nSPS) is 12.6. The number of thiophene rings is 1. The van der Waals surface area contributed by atoms with Crippen LogP contribution in [0, 0.1) is 3.57 Å². The molecule has 0 amide bonds. The van der Waals surface area contributed by atoms with E-state index >= 15 is 0 Å². The summed E-state index contributed by atoms with van der Waals surface area (Å²) in [6, 6.07) is 11.3. The summed E-state index contributed by atoms with van der Waals surface area (Å²) >= 11 is 4.19. The number of aryl methyl sites for hydroxylation is 1. The van der Waals surface area contributed by atoms with Crippen LogP contribution in [-0.2, 0) is 6.42 Å². The van der Waals surface area contributed by atoms with Crippen LogP contribution in [-0.4, -0.2) is 7.05 Å². The van der Waals surface area contributed by atoms with E-state index in [0.717, 1.165) is 12.8 Å². The van der Waals surface area contributed by atoms with Crippen LogP contribution in [0.25, 0.3) is 0 Å².